The van der Waals surface area contributed by atoms with E-state index in [-0.39, 0.29) is 0 Å². The summed E-state index contributed by atoms with van der Waals surface area (Å²) in [6.45, 7) is 2.96. The number of ether oxygens (including phenoxy) is 1. The Morgan fingerprint density at radius 2 is 1.94 bits per heavy atom. The lowest BCUT2D eigenvalue weighted by molar-refractivity contribution is 0.242. The van der Waals surface area contributed by atoms with Crippen LogP contribution in [-0.2, 0) is 6.42 Å². The third-order valence-corrected chi connectivity index (χ3v) is 4.33. The fourth-order valence-electron chi connectivity index (χ4n) is 3.23. The Morgan fingerprint density at radius 3 is 2.56 bits per heavy atom. The maximum atomic E-state index is 5.90. The van der Waals surface area contributed by atoms with Crippen LogP contribution in [0.3, 0.4) is 0 Å². The highest BCUT2D eigenvalue weighted by atomic mass is 16.5. The van der Waals surface area contributed by atoms with Crippen LogP contribution in [0.4, 0.5) is 0 Å². The highest BCUT2D eigenvalue weighted by molar-refractivity contribution is 5.36. The Kier molecular flexibility index (Phi) is 4.65. The van der Waals surface area contributed by atoms with Crippen LogP contribution in [0.5, 0.6) is 5.75 Å². The molecule has 2 atom stereocenters. The van der Waals surface area contributed by atoms with E-state index >= 15 is 0 Å². The van der Waals surface area contributed by atoms with Gasteiger partial charge in [0, 0.05) is 0 Å². The summed E-state index contributed by atoms with van der Waals surface area (Å²) in [5, 5.41) is 0. The molecule has 2 rings (SSSR count). The first kappa shape index (κ1) is 13.4. The number of benzene rings is 1. The lowest BCUT2D eigenvalue weighted by Gasteiger charge is -2.30. The fraction of sp³-hybridized carbons (Fsp3) is 0.625. The number of methoxy groups -OCH3 is 1. The zero-order valence-electron chi connectivity index (χ0n) is 11.6. The summed E-state index contributed by atoms with van der Waals surface area (Å²) in [7, 11) is 1.73. The van der Waals surface area contributed by atoms with E-state index in [1.165, 1.54) is 43.2 Å². The second-order valence-corrected chi connectivity index (χ2v) is 5.55. The molecule has 2 heteroatoms. The van der Waals surface area contributed by atoms with Gasteiger partial charge >= 0.3 is 0 Å². The molecule has 2 N–H and O–H groups in total. The SMILES string of the molecule is COc1ccc(CC2CCCCC2CN)cc1C. The van der Waals surface area contributed by atoms with Crippen molar-refractivity contribution in [2.45, 2.75) is 39.0 Å². The molecule has 18 heavy (non-hydrogen) atoms. The topological polar surface area (TPSA) is 35.2 Å². The van der Waals surface area contributed by atoms with Gasteiger partial charge in [-0.15, -0.1) is 0 Å². The first-order valence-corrected chi connectivity index (χ1v) is 7.08. The van der Waals surface area contributed by atoms with Gasteiger partial charge in [-0.2, -0.15) is 0 Å². The minimum absolute atomic E-state index is 0.723. The van der Waals surface area contributed by atoms with Gasteiger partial charge in [0.1, 0.15) is 5.75 Å². The first-order chi connectivity index (χ1) is 8.74. The van der Waals surface area contributed by atoms with Gasteiger partial charge in [-0.3, -0.25) is 0 Å². The molecule has 1 aliphatic rings. The Labute approximate surface area is 111 Å². The lowest BCUT2D eigenvalue weighted by Crippen LogP contribution is -2.28. The van der Waals surface area contributed by atoms with Gasteiger partial charge in [0.2, 0.25) is 0 Å². The van der Waals surface area contributed by atoms with Crippen molar-refractivity contribution in [1.82, 2.24) is 0 Å². The van der Waals surface area contributed by atoms with Crippen LogP contribution in [0.1, 0.15) is 36.8 Å². The summed E-state index contributed by atoms with van der Waals surface area (Å²) < 4.78 is 5.31. The third kappa shape index (κ3) is 3.05. The van der Waals surface area contributed by atoms with Crippen molar-refractivity contribution >= 4 is 0 Å². The molecule has 1 aromatic rings. The molecule has 2 unspecified atom stereocenters. The number of rotatable bonds is 4. The normalized spacial score (nSPS) is 23.9. The molecule has 0 amide bonds. The molecule has 0 bridgehead atoms. The summed E-state index contributed by atoms with van der Waals surface area (Å²) in [5.41, 5.74) is 8.56. The van der Waals surface area contributed by atoms with Crippen molar-refractivity contribution in [3.63, 3.8) is 0 Å². The fourth-order valence-corrected chi connectivity index (χ4v) is 3.23. The second kappa shape index (κ2) is 6.24. The largest absolute Gasteiger partial charge is 0.496 e. The Balaban J connectivity index is 2.05. The summed E-state index contributed by atoms with van der Waals surface area (Å²) in [4.78, 5) is 0. The molecule has 1 aromatic carbocycles. The Morgan fingerprint density at radius 1 is 1.22 bits per heavy atom. The monoisotopic (exact) mass is 247 g/mol. The van der Waals surface area contributed by atoms with Crippen molar-refractivity contribution in [3.05, 3.63) is 29.3 Å². The van der Waals surface area contributed by atoms with Crippen LogP contribution in [0.2, 0.25) is 0 Å². The standard InChI is InChI=1S/C16H25NO/c1-12-9-13(7-8-16(12)18-2)10-14-5-3-4-6-15(14)11-17/h7-9,14-15H,3-6,10-11,17H2,1-2H3. The number of aryl methyl sites for hydroxylation is 1. The van der Waals surface area contributed by atoms with Crippen molar-refractivity contribution in [1.29, 1.82) is 0 Å². The molecule has 2 nitrogen and oxygen atoms in total. The molecule has 0 heterocycles. The third-order valence-electron chi connectivity index (χ3n) is 4.33. The smallest absolute Gasteiger partial charge is 0.121 e. The van der Waals surface area contributed by atoms with Gasteiger partial charge in [-0.1, -0.05) is 25.0 Å². The van der Waals surface area contributed by atoms with Gasteiger partial charge in [-0.25, -0.2) is 0 Å². The lowest BCUT2D eigenvalue weighted by atomic mass is 9.76. The van der Waals surface area contributed by atoms with Crippen LogP contribution >= 0.6 is 0 Å². The summed E-state index contributed by atoms with van der Waals surface area (Å²) in [6.07, 6.45) is 6.56. The highest BCUT2D eigenvalue weighted by Crippen LogP contribution is 2.32. The zero-order chi connectivity index (χ0) is 13.0. The van der Waals surface area contributed by atoms with Crippen LogP contribution in [0.25, 0.3) is 0 Å². The average Bonchev–Trinajstić information content (AvgIpc) is 2.39. The van der Waals surface area contributed by atoms with E-state index in [1.54, 1.807) is 7.11 Å². The van der Waals surface area contributed by atoms with Crippen molar-refractivity contribution in [3.8, 4) is 5.75 Å². The molecule has 1 saturated carbocycles. The van der Waals surface area contributed by atoms with Crippen molar-refractivity contribution in [2.75, 3.05) is 13.7 Å². The molecule has 1 fully saturated rings. The molecular weight excluding hydrogens is 222 g/mol. The van der Waals surface area contributed by atoms with Crippen LogP contribution in [0, 0.1) is 18.8 Å². The van der Waals surface area contributed by atoms with E-state index in [1.807, 2.05) is 0 Å². The quantitative estimate of drug-likeness (QED) is 0.886. The van der Waals surface area contributed by atoms with Crippen LogP contribution in [0.15, 0.2) is 18.2 Å². The van der Waals surface area contributed by atoms with Crippen LogP contribution < -0.4 is 10.5 Å². The first-order valence-electron chi connectivity index (χ1n) is 7.08. The molecule has 0 aromatic heterocycles. The van der Waals surface area contributed by atoms with Gasteiger partial charge in [0.25, 0.3) is 0 Å². The molecule has 0 aliphatic heterocycles. The summed E-state index contributed by atoms with van der Waals surface area (Å²) >= 11 is 0. The summed E-state index contributed by atoms with van der Waals surface area (Å²) in [5.74, 6) is 2.48. The highest BCUT2D eigenvalue weighted by Gasteiger charge is 2.24. The maximum Gasteiger partial charge on any atom is 0.121 e. The van der Waals surface area contributed by atoms with Crippen molar-refractivity contribution in [2.24, 2.45) is 17.6 Å². The number of hydrogen-bond donors (Lipinski definition) is 1. The van der Waals surface area contributed by atoms with E-state index in [2.05, 4.69) is 25.1 Å². The van der Waals surface area contributed by atoms with E-state index < -0.39 is 0 Å². The molecule has 0 saturated heterocycles. The minimum Gasteiger partial charge on any atom is -0.496 e. The van der Waals surface area contributed by atoms with E-state index in [0.29, 0.717) is 0 Å². The van der Waals surface area contributed by atoms with Gasteiger partial charge < -0.3 is 10.5 Å². The molecular formula is C16H25NO. The van der Waals surface area contributed by atoms with E-state index in [0.717, 1.165) is 24.1 Å². The van der Waals surface area contributed by atoms with Crippen LogP contribution in [-0.4, -0.2) is 13.7 Å². The average molecular weight is 247 g/mol. The number of hydrogen-bond acceptors (Lipinski definition) is 2. The van der Waals surface area contributed by atoms with Gasteiger partial charge in [0.05, 0.1) is 7.11 Å². The predicted octanol–water partition coefficient (Wildman–Crippen LogP) is 3.31. The predicted molar refractivity (Wildman–Crippen MR) is 75.9 cm³/mol. The molecule has 100 valence electrons. The van der Waals surface area contributed by atoms with Gasteiger partial charge in [-0.05, 0) is 61.8 Å². The van der Waals surface area contributed by atoms with E-state index in [9.17, 15) is 0 Å². The minimum atomic E-state index is 0.723. The Hall–Kier alpha value is -1.02. The van der Waals surface area contributed by atoms with E-state index in [4.69, 9.17) is 10.5 Å². The maximum absolute atomic E-state index is 5.90. The molecule has 1 aliphatic carbocycles. The molecule has 0 spiro atoms. The Bertz CT molecular complexity index is 389. The van der Waals surface area contributed by atoms with Crippen molar-refractivity contribution < 1.29 is 4.74 Å². The second-order valence-electron chi connectivity index (χ2n) is 5.55. The summed E-state index contributed by atoms with van der Waals surface area (Å²) in [6, 6.07) is 6.56. The van der Waals surface area contributed by atoms with Gasteiger partial charge in [0.15, 0.2) is 0 Å². The zero-order valence-corrected chi connectivity index (χ0v) is 11.6. The molecule has 0 radical (unpaired) electrons. The number of nitrogens with two attached hydrogens (primary N) is 1.